The molecular formula is C18H22N4O3. The van der Waals surface area contributed by atoms with Gasteiger partial charge in [-0.3, -0.25) is 4.79 Å². The molecule has 7 heteroatoms. The standard InChI is InChI=1S/C18H22N4O3/c19-13-14-1-3-16(4-2-14)20-18(24)22-7-5-15(6-8-22)17(23)21-9-11-25-12-10-21/h1-4,15H,5-12H2,(H,20,24). The summed E-state index contributed by atoms with van der Waals surface area (Å²) >= 11 is 0. The lowest BCUT2D eigenvalue weighted by Gasteiger charge is -2.35. The molecule has 2 aliphatic heterocycles. The molecule has 132 valence electrons. The number of ether oxygens (including phenoxy) is 1. The second-order valence-corrected chi connectivity index (χ2v) is 6.32. The summed E-state index contributed by atoms with van der Waals surface area (Å²) in [5.41, 5.74) is 1.22. The molecule has 2 heterocycles. The van der Waals surface area contributed by atoms with Gasteiger partial charge in [0.05, 0.1) is 24.8 Å². The summed E-state index contributed by atoms with van der Waals surface area (Å²) in [5.74, 6) is 0.188. The first-order valence-corrected chi connectivity index (χ1v) is 8.60. The number of amides is 3. The van der Waals surface area contributed by atoms with Crippen LogP contribution in [-0.4, -0.2) is 61.1 Å². The predicted molar refractivity (Wildman–Crippen MR) is 91.9 cm³/mol. The Hall–Kier alpha value is -2.59. The molecule has 25 heavy (non-hydrogen) atoms. The molecule has 3 amide bonds. The van der Waals surface area contributed by atoms with Crippen LogP contribution in [-0.2, 0) is 9.53 Å². The largest absolute Gasteiger partial charge is 0.378 e. The second-order valence-electron chi connectivity index (χ2n) is 6.32. The van der Waals surface area contributed by atoms with E-state index in [9.17, 15) is 9.59 Å². The van der Waals surface area contributed by atoms with Gasteiger partial charge in [0, 0.05) is 37.8 Å². The fourth-order valence-corrected chi connectivity index (χ4v) is 3.20. The first-order chi connectivity index (χ1) is 12.2. The number of benzene rings is 1. The quantitative estimate of drug-likeness (QED) is 0.886. The number of likely N-dealkylation sites (tertiary alicyclic amines) is 1. The molecule has 0 atom stereocenters. The number of hydrogen-bond acceptors (Lipinski definition) is 4. The lowest BCUT2D eigenvalue weighted by molar-refractivity contribution is -0.140. The number of carbonyl (C=O) groups is 2. The molecule has 2 saturated heterocycles. The average Bonchev–Trinajstić information content (AvgIpc) is 2.69. The molecule has 1 aromatic rings. The van der Waals surface area contributed by atoms with Gasteiger partial charge in [0.2, 0.25) is 5.91 Å². The molecule has 1 aromatic carbocycles. The summed E-state index contributed by atoms with van der Waals surface area (Å²) in [5, 5.41) is 11.6. The first-order valence-electron chi connectivity index (χ1n) is 8.60. The summed E-state index contributed by atoms with van der Waals surface area (Å²) in [4.78, 5) is 28.5. The van der Waals surface area contributed by atoms with Crippen LogP contribution in [0.5, 0.6) is 0 Å². The van der Waals surface area contributed by atoms with Crippen molar-refractivity contribution in [2.24, 2.45) is 5.92 Å². The van der Waals surface area contributed by atoms with Crippen LogP contribution in [0.2, 0.25) is 0 Å². The zero-order valence-corrected chi connectivity index (χ0v) is 14.1. The highest BCUT2D eigenvalue weighted by atomic mass is 16.5. The van der Waals surface area contributed by atoms with E-state index in [1.807, 2.05) is 11.0 Å². The van der Waals surface area contributed by atoms with Gasteiger partial charge in [-0.15, -0.1) is 0 Å². The Labute approximate surface area is 147 Å². The monoisotopic (exact) mass is 342 g/mol. The summed E-state index contributed by atoms with van der Waals surface area (Å²) in [6, 6.07) is 8.65. The Morgan fingerprint density at radius 1 is 1.04 bits per heavy atom. The lowest BCUT2D eigenvalue weighted by atomic mass is 9.95. The van der Waals surface area contributed by atoms with Gasteiger partial charge in [0.25, 0.3) is 0 Å². The Morgan fingerprint density at radius 2 is 1.68 bits per heavy atom. The summed E-state index contributed by atoms with van der Waals surface area (Å²) in [6.45, 7) is 3.69. The number of urea groups is 1. The molecule has 2 aliphatic rings. The number of anilines is 1. The zero-order valence-electron chi connectivity index (χ0n) is 14.1. The maximum Gasteiger partial charge on any atom is 0.321 e. The first kappa shape index (κ1) is 17.2. The highest BCUT2D eigenvalue weighted by molar-refractivity contribution is 5.89. The fourth-order valence-electron chi connectivity index (χ4n) is 3.20. The minimum atomic E-state index is -0.165. The van der Waals surface area contributed by atoms with E-state index in [0.29, 0.717) is 63.5 Å². The summed E-state index contributed by atoms with van der Waals surface area (Å²) < 4.78 is 5.28. The highest BCUT2D eigenvalue weighted by Crippen LogP contribution is 2.21. The van der Waals surface area contributed by atoms with E-state index in [2.05, 4.69) is 5.32 Å². The molecule has 0 unspecified atom stereocenters. The third-order valence-electron chi connectivity index (χ3n) is 4.72. The van der Waals surface area contributed by atoms with E-state index < -0.39 is 0 Å². The van der Waals surface area contributed by atoms with Gasteiger partial charge in [0.1, 0.15) is 0 Å². The van der Waals surface area contributed by atoms with Crippen molar-refractivity contribution in [1.29, 1.82) is 5.26 Å². The van der Waals surface area contributed by atoms with Crippen LogP contribution in [0, 0.1) is 17.2 Å². The molecule has 0 radical (unpaired) electrons. The number of nitriles is 1. The van der Waals surface area contributed by atoms with Crippen LogP contribution in [0.25, 0.3) is 0 Å². The second kappa shape index (κ2) is 7.99. The Bertz CT molecular complexity index is 654. The van der Waals surface area contributed by atoms with Crippen molar-refractivity contribution in [3.63, 3.8) is 0 Å². The van der Waals surface area contributed by atoms with Crippen molar-refractivity contribution < 1.29 is 14.3 Å². The molecule has 3 rings (SSSR count). The van der Waals surface area contributed by atoms with Crippen LogP contribution in [0.3, 0.4) is 0 Å². The number of nitrogens with zero attached hydrogens (tertiary/aromatic N) is 3. The van der Waals surface area contributed by atoms with Crippen molar-refractivity contribution in [2.45, 2.75) is 12.8 Å². The molecule has 0 spiro atoms. The van der Waals surface area contributed by atoms with Crippen molar-refractivity contribution in [1.82, 2.24) is 9.80 Å². The minimum Gasteiger partial charge on any atom is -0.378 e. The van der Waals surface area contributed by atoms with Gasteiger partial charge in [0.15, 0.2) is 0 Å². The number of carbonyl (C=O) groups excluding carboxylic acids is 2. The number of nitrogens with one attached hydrogen (secondary N) is 1. The smallest absolute Gasteiger partial charge is 0.321 e. The van der Waals surface area contributed by atoms with Crippen LogP contribution in [0.1, 0.15) is 18.4 Å². The van der Waals surface area contributed by atoms with Gasteiger partial charge in [-0.05, 0) is 37.1 Å². The molecule has 1 N–H and O–H groups in total. The van der Waals surface area contributed by atoms with Gasteiger partial charge in [-0.2, -0.15) is 5.26 Å². The topological polar surface area (TPSA) is 85.7 Å². The Morgan fingerprint density at radius 3 is 2.28 bits per heavy atom. The molecule has 7 nitrogen and oxygen atoms in total. The highest BCUT2D eigenvalue weighted by Gasteiger charge is 2.30. The SMILES string of the molecule is N#Cc1ccc(NC(=O)N2CCC(C(=O)N3CCOCC3)CC2)cc1. The van der Waals surface area contributed by atoms with Crippen LogP contribution in [0.4, 0.5) is 10.5 Å². The van der Waals surface area contributed by atoms with E-state index in [4.69, 9.17) is 10.00 Å². The Balaban J connectivity index is 1.48. The molecule has 0 aromatic heterocycles. The van der Waals surface area contributed by atoms with Crippen molar-refractivity contribution in [3.8, 4) is 6.07 Å². The van der Waals surface area contributed by atoms with Crippen LogP contribution >= 0.6 is 0 Å². The number of rotatable bonds is 2. The lowest BCUT2D eigenvalue weighted by Crippen LogP contribution is -2.48. The normalized spacial score (nSPS) is 18.5. The van der Waals surface area contributed by atoms with E-state index >= 15 is 0 Å². The number of hydrogen-bond donors (Lipinski definition) is 1. The summed E-state index contributed by atoms with van der Waals surface area (Å²) in [6.07, 6.45) is 1.38. The van der Waals surface area contributed by atoms with E-state index in [0.717, 1.165) is 0 Å². The maximum absolute atomic E-state index is 12.5. The van der Waals surface area contributed by atoms with Crippen molar-refractivity contribution in [3.05, 3.63) is 29.8 Å². The van der Waals surface area contributed by atoms with E-state index in [1.54, 1.807) is 29.2 Å². The van der Waals surface area contributed by atoms with Crippen LogP contribution < -0.4 is 5.32 Å². The van der Waals surface area contributed by atoms with Gasteiger partial charge < -0.3 is 19.9 Å². The number of morpholine rings is 1. The molecule has 2 fully saturated rings. The van der Waals surface area contributed by atoms with Gasteiger partial charge in [-0.25, -0.2) is 4.79 Å². The zero-order chi connectivity index (χ0) is 17.6. The summed E-state index contributed by atoms with van der Waals surface area (Å²) in [7, 11) is 0. The van der Waals surface area contributed by atoms with E-state index in [1.165, 1.54) is 0 Å². The van der Waals surface area contributed by atoms with Gasteiger partial charge >= 0.3 is 6.03 Å². The third kappa shape index (κ3) is 4.28. The van der Waals surface area contributed by atoms with Crippen molar-refractivity contribution >= 4 is 17.6 Å². The molecule has 0 aliphatic carbocycles. The fraction of sp³-hybridized carbons (Fsp3) is 0.500. The molecule has 0 saturated carbocycles. The minimum absolute atomic E-state index is 0.00272. The van der Waals surface area contributed by atoms with Crippen LogP contribution in [0.15, 0.2) is 24.3 Å². The predicted octanol–water partition coefficient (Wildman–Crippen LogP) is 1.66. The van der Waals surface area contributed by atoms with E-state index in [-0.39, 0.29) is 17.9 Å². The van der Waals surface area contributed by atoms with Crippen molar-refractivity contribution in [2.75, 3.05) is 44.7 Å². The third-order valence-corrected chi connectivity index (χ3v) is 4.72. The van der Waals surface area contributed by atoms with Gasteiger partial charge in [-0.1, -0.05) is 0 Å². The number of piperidine rings is 1. The maximum atomic E-state index is 12.5. The Kier molecular flexibility index (Phi) is 5.51. The average molecular weight is 342 g/mol. The molecule has 0 bridgehead atoms. The molecular weight excluding hydrogens is 320 g/mol.